The predicted molar refractivity (Wildman–Crippen MR) is 61.8 cm³/mol. The van der Waals surface area contributed by atoms with Crippen molar-refractivity contribution in [3.63, 3.8) is 0 Å². The molecule has 16 heavy (non-hydrogen) atoms. The van der Waals surface area contributed by atoms with Crippen LogP contribution in [0, 0.1) is 0 Å². The van der Waals surface area contributed by atoms with Crippen LogP contribution in [0.3, 0.4) is 0 Å². The lowest BCUT2D eigenvalue weighted by atomic mass is 10.2. The van der Waals surface area contributed by atoms with E-state index >= 15 is 0 Å². The maximum absolute atomic E-state index is 5.80. The summed E-state index contributed by atoms with van der Waals surface area (Å²) < 4.78 is 5.80. The van der Waals surface area contributed by atoms with Gasteiger partial charge in [0, 0.05) is 5.39 Å². The number of para-hydroxylation sites is 1. The van der Waals surface area contributed by atoms with E-state index in [-0.39, 0.29) is 0 Å². The molecule has 0 aliphatic carbocycles. The first-order valence-electron chi connectivity index (χ1n) is 5.20. The van der Waals surface area contributed by atoms with Crippen molar-refractivity contribution in [2.24, 2.45) is 0 Å². The number of furan rings is 1. The Labute approximate surface area is 92.5 Å². The second kappa shape index (κ2) is 3.28. The third-order valence-electron chi connectivity index (χ3n) is 2.63. The molecule has 1 aromatic carbocycles. The van der Waals surface area contributed by atoms with Crippen LogP contribution in [0.25, 0.3) is 22.1 Å². The lowest BCUT2D eigenvalue weighted by Gasteiger charge is -2.03. The zero-order valence-electron chi connectivity index (χ0n) is 9.19. The Bertz CT molecular complexity index is 657. The SMILES string of the molecule is C[NH+](C)c1ncnc2c1oc1ccccc12. The third kappa shape index (κ3) is 1.20. The summed E-state index contributed by atoms with van der Waals surface area (Å²) in [6, 6.07) is 7.91. The average Bonchev–Trinajstić information content (AvgIpc) is 2.67. The van der Waals surface area contributed by atoms with Crippen LogP contribution in [0.5, 0.6) is 0 Å². The Hall–Kier alpha value is -1.94. The van der Waals surface area contributed by atoms with Crippen LogP contribution in [0.15, 0.2) is 35.0 Å². The largest absolute Gasteiger partial charge is 0.446 e. The molecular weight excluding hydrogens is 202 g/mol. The number of rotatable bonds is 1. The van der Waals surface area contributed by atoms with E-state index in [2.05, 4.69) is 9.97 Å². The highest BCUT2D eigenvalue weighted by atomic mass is 16.3. The van der Waals surface area contributed by atoms with Gasteiger partial charge in [-0.05, 0) is 12.1 Å². The maximum atomic E-state index is 5.80. The number of hydrogen-bond donors (Lipinski definition) is 1. The summed E-state index contributed by atoms with van der Waals surface area (Å²) in [4.78, 5) is 9.68. The molecule has 4 nitrogen and oxygen atoms in total. The first-order valence-corrected chi connectivity index (χ1v) is 5.20. The van der Waals surface area contributed by atoms with E-state index in [1.54, 1.807) is 6.33 Å². The molecule has 1 N–H and O–H groups in total. The van der Waals surface area contributed by atoms with E-state index in [0.29, 0.717) is 0 Å². The molecule has 3 aromatic rings. The van der Waals surface area contributed by atoms with Crippen molar-refractivity contribution in [3.8, 4) is 0 Å². The second-order valence-corrected chi connectivity index (χ2v) is 4.00. The van der Waals surface area contributed by atoms with E-state index in [4.69, 9.17) is 4.42 Å². The molecule has 0 radical (unpaired) electrons. The molecule has 0 saturated heterocycles. The number of nitrogens with one attached hydrogen (secondary N) is 1. The monoisotopic (exact) mass is 214 g/mol. The Morgan fingerprint density at radius 2 is 1.94 bits per heavy atom. The maximum Gasteiger partial charge on any atom is 0.272 e. The van der Waals surface area contributed by atoms with Gasteiger partial charge in [-0.2, -0.15) is 4.98 Å². The van der Waals surface area contributed by atoms with Gasteiger partial charge in [-0.25, -0.2) is 4.98 Å². The quantitative estimate of drug-likeness (QED) is 0.661. The van der Waals surface area contributed by atoms with Gasteiger partial charge in [-0.1, -0.05) is 12.1 Å². The molecule has 4 heteroatoms. The van der Waals surface area contributed by atoms with Gasteiger partial charge in [-0.3, -0.25) is 4.90 Å². The lowest BCUT2D eigenvalue weighted by Crippen LogP contribution is -3.00. The molecule has 2 aromatic heterocycles. The van der Waals surface area contributed by atoms with Crippen molar-refractivity contribution in [1.29, 1.82) is 0 Å². The van der Waals surface area contributed by atoms with Crippen LogP contribution in [0.4, 0.5) is 5.82 Å². The Kier molecular flexibility index (Phi) is 1.91. The first kappa shape index (κ1) is 9.30. The van der Waals surface area contributed by atoms with Crippen molar-refractivity contribution in [1.82, 2.24) is 9.97 Å². The highest BCUT2D eigenvalue weighted by Crippen LogP contribution is 2.28. The van der Waals surface area contributed by atoms with E-state index < -0.39 is 0 Å². The zero-order chi connectivity index (χ0) is 11.1. The summed E-state index contributed by atoms with van der Waals surface area (Å²) in [5, 5.41) is 1.04. The molecule has 0 atom stereocenters. The van der Waals surface area contributed by atoms with Crippen LogP contribution in [-0.4, -0.2) is 24.1 Å². The van der Waals surface area contributed by atoms with Crippen LogP contribution >= 0.6 is 0 Å². The average molecular weight is 214 g/mol. The highest BCUT2D eigenvalue weighted by Gasteiger charge is 2.16. The highest BCUT2D eigenvalue weighted by molar-refractivity contribution is 6.04. The molecule has 80 valence electrons. The van der Waals surface area contributed by atoms with Crippen molar-refractivity contribution >= 4 is 27.9 Å². The van der Waals surface area contributed by atoms with Crippen molar-refractivity contribution in [2.75, 3.05) is 14.1 Å². The molecular formula is C12H12N3O+. The van der Waals surface area contributed by atoms with Gasteiger partial charge in [0.05, 0.1) is 14.1 Å². The van der Waals surface area contributed by atoms with Crippen molar-refractivity contribution < 1.29 is 9.32 Å². The number of aromatic nitrogens is 2. The number of nitrogens with zero attached hydrogens (tertiary/aromatic N) is 2. The van der Waals surface area contributed by atoms with Crippen LogP contribution < -0.4 is 4.90 Å². The standard InChI is InChI=1S/C12H11N3O/c1-15(2)12-11-10(13-7-14-12)8-5-3-4-6-9(8)16-11/h3-7H,1-2H3/p+1. The summed E-state index contributed by atoms with van der Waals surface area (Å²) in [5.74, 6) is 0.890. The molecule has 0 aliphatic heterocycles. The summed E-state index contributed by atoms with van der Waals surface area (Å²) in [5.41, 5.74) is 2.53. The molecule has 0 aliphatic rings. The van der Waals surface area contributed by atoms with E-state index in [1.165, 1.54) is 0 Å². The molecule has 0 bridgehead atoms. The normalized spacial score (nSPS) is 11.7. The van der Waals surface area contributed by atoms with Crippen molar-refractivity contribution in [2.45, 2.75) is 0 Å². The fraction of sp³-hybridized carbons (Fsp3) is 0.167. The van der Waals surface area contributed by atoms with Crippen molar-refractivity contribution in [3.05, 3.63) is 30.6 Å². The van der Waals surface area contributed by atoms with E-state index in [0.717, 1.165) is 32.8 Å². The minimum Gasteiger partial charge on any atom is -0.446 e. The zero-order valence-corrected chi connectivity index (χ0v) is 9.19. The Balaban J connectivity index is 2.49. The molecule has 0 spiro atoms. The van der Waals surface area contributed by atoms with Crippen LogP contribution in [-0.2, 0) is 0 Å². The summed E-state index contributed by atoms with van der Waals surface area (Å²) >= 11 is 0. The Morgan fingerprint density at radius 3 is 2.75 bits per heavy atom. The number of quaternary nitrogens is 1. The topological polar surface area (TPSA) is 43.4 Å². The summed E-state index contributed by atoms with van der Waals surface area (Å²) in [6.45, 7) is 0. The molecule has 0 amide bonds. The van der Waals surface area contributed by atoms with Crippen LogP contribution in [0.1, 0.15) is 0 Å². The fourth-order valence-corrected chi connectivity index (χ4v) is 1.88. The second-order valence-electron chi connectivity index (χ2n) is 4.00. The number of fused-ring (bicyclic) bond motifs is 3. The Morgan fingerprint density at radius 1 is 1.12 bits per heavy atom. The number of hydrogen-bond acceptors (Lipinski definition) is 3. The minimum atomic E-state index is 0.781. The van der Waals surface area contributed by atoms with Gasteiger partial charge >= 0.3 is 0 Å². The number of benzene rings is 1. The molecule has 0 fully saturated rings. The summed E-state index contributed by atoms with van der Waals surface area (Å²) in [7, 11) is 4.05. The van der Waals surface area contributed by atoms with Gasteiger partial charge in [0.2, 0.25) is 5.58 Å². The van der Waals surface area contributed by atoms with Gasteiger partial charge in [0.15, 0.2) is 0 Å². The molecule has 0 unspecified atom stereocenters. The van der Waals surface area contributed by atoms with E-state index in [1.807, 2.05) is 38.4 Å². The third-order valence-corrected chi connectivity index (χ3v) is 2.63. The lowest BCUT2D eigenvalue weighted by molar-refractivity contribution is -0.788. The molecule has 0 saturated carbocycles. The van der Waals surface area contributed by atoms with E-state index in [9.17, 15) is 0 Å². The van der Waals surface area contributed by atoms with Gasteiger partial charge < -0.3 is 4.42 Å². The van der Waals surface area contributed by atoms with Crippen LogP contribution in [0.2, 0.25) is 0 Å². The molecule has 2 heterocycles. The van der Waals surface area contributed by atoms with Gasteiger partial charge in [0.1, 0.15) is 17.4 Å². The van der Waals surface area contributed by atoms with Gasteiger partial charge in [0.25, 0.3) is 5.82 Å². The minimum absolute atomic E-state index is 0.781. The smallest absolute Gasteiger partial charge is 0.272 e. The summed E-state index contributed by atoms with van der Waals surface area (Å²) in [6.07, 6.45) is 1.59. The first-order chi connectivity index (χ1) is 7.77. The fourth-order valence-electron chi connectivity index (χ4n) is 1.88. The van der Waals surface area contributed by atoms with Gasteiger partial charge in [-0.15, -0.1) is 0 Å². The predicted octanol–water partition coefficient (Wildman–Crippen LogP) is 1.15. The molecule has 3 rings (SSSR count).